The summed E-state index contributed by atoms with van der Waals surface area (Å²) in [6, 6.07) is 8.88. The highest BCUT2D eigenvalue weighted by Crippen LogP contribution is 2.16. The summed E-state index contributed by atoms with van der Waals surface area (Å²) < 4.78 is 1.52. The Morgan fingerprint density at radius 3 is 2.71 bits per heavy atom. The molecule has 1 aromatic heterocycles. The summed E-state index contributed by atoms with van der Waals surface area (Å²) in [6.07, 6.45) is 1.56. The minimum Gasteiger partial charge on any atom is -0.507 e. The number of halogens is 1. The molecule has 0 amide bonds. The summed E-state index contributed by atoms with van der Waals surface area (Å²) in [5.41, 5.74) is 1.02. The van der Waals surface area contributed by atoms with Gasteiger partial charge in [0.05, 0.1) is 12.1 Å². The Bertz CT molecular complexity index is 605. The highest BCUT2D eigenvalue weighted by molar-refractivity contribution is 6.31. The van der Waals surface area contributed by atoms with Crippen molar-refractivity contribution in [3.63, 3.8) is 0 Å². The maximum atomic E-state index is 11.9. The van der Waals surface area contributed by atoms with Crippen molar-refractivity contribution in [2.45, 2.75) is 13.5 Å². The van der Waals surface area contributed by atoms with Gasteiger partial charge in [-0.05, 0) is 24.6 Å². The summed E-state index contributed by atoms with van der Waals surface area (Å²) in [4.78, 5) is 11.9. The fourth-order valence-electron chi connectivity index (χ4n) is 1.61. The molecule has 0 fully saturated rings. The van der Waals surface area contributed by atoms with E-state index in [9.17, 15) is 9.90 Å². The SMILES string of the molecule is Cc1c(O)ccn(Cc2ccccc2Cl)c1=O. The maximum Gasteiger partial charge on any atom is 0.257 e. The topological polar surface area (TPSA) is 42.2 Å². The van der Waals surface area contributed by atoms with Gasteiger partial charge in [0.2, 0.25) is 0 Å². The van der Waals surface area contributed by atoms with Gasteiger partial charge in [0.25, 0.3) is 5.56 Å². The van der Waals surface area contributed by atoms with Crippen molar-refractivity contribution >= 4 is 11.6 Å². The van der Waals surface area contributed by atoms with E-state index in [0.29, 0.717) is 17.1 Å². The molecule has 4 heteroatoms. The van der Waals surface area contributed by atoms with E-state index in [1.165, 1.54) is 10.6 Å². The number of hydrogen-bond acceptors (Lipinski definition) is 2. The van der Waals surface area contributed by atoms with Crippen molar-refractivity contribution in [2.24, 2.45) is 0 Å². The first-order chi connectivity index (χ1) is 8.09. The predicted molar refractivity (Wildman–Crippen MR) is 67.7 cm³/mol. The number of aromatic hydroxyl groups is 1. The molecule has 2 rings (SSSR count). The van der Waals surface area contributed by atoms with E-state index >= 15 is 0 Å². The first-order valence-corrected chi connectivity index (χ1v) is 5.60. The second-order valence-corrected chi connectivity index (χ2v) is 4.26. The van der Waals surface area contributed by atoms with Crippen LogP contribution in [-0.4, -0.2) is 9.67 Å². The summed E-state index contributed by atoms with van der Waals surface area (Å²) in [6.45, 7) is 2.00. The van der Waals surface area contributed by atoms with Gasteiger partial charge in [-0.15, -0.1) is 0 Å². The molecule has 0 atom stereocenters. The van der Waals surface area contributed by atoms with Crippen LogP contribution in [0.15, 0.2) is 41.3 Å². The van der Waals surface area contributed by atoms with Crippen LogP contribution in [0.1, 0.15) is 11.1 Å². The molecule has 3 nitrogen and oxygen atoms in total. The Kier molecular flexibility index (Phi) is 3.20. The van der Waals surface area contributed by atoms with Crippen LogP contribution in [0.3, 0.4) is 0 Å². The molecular formula is C13H12ClNO2. The van der Waals surface area contributed by atoms with Gasteiger partial charge in [-0.25, -0.2) is 0 Å². The average molecular weight is 250 g/mol. The van der Waals surface area contributed by atoms with E-state index in [1.54, 1.807) is 19.2 Å². The number of rotatable bonds is 2. The first-order valence-electron chi connectivity index (χ1n) is 5.22. The molecule has 0 aliphatic heterocycles. The van der Waals surface area contributed by atoms with Crippen LogP contribution in [0.5, 0.6) is 5.75 Å². The van der Waals surface area contributed by atoms with Crippen molar-refractivity contribution in [1.29, 1.82) is 0 Å². The van der Waals surface area contributed by atoms with E-state index in [1.807, 2.05) is 18.2 Å². The Balaban J connectivity index is 2.41. The van der Waals surface area contributed by atoms with E-state index in [0.717, 1.165) is 5.56 Å². The lowest BCUT2D eigenvalue weighted by atomic mass is 10.2. The first kappa shape index (κ1) is 11.7. The Labute approximate surface area is 104 Å². The molecule has 88 valence electrons. The highest BCUT2D eigenvalue weighted by Gasteiger charge is 2.06. The fraction of sp³-hybridized carbons (Fsp3) is 0.154. The van der Waals surface area contributed by atoms with Gasteiger partial charge in [-0.3, -0.25) is 4.79 Å². The molecule has 2 aromatic rings. The lowest BCUT2D eigenvalue weighted by molar-refractivity contribution is 0.466. The normalized spacial score (nSPS) is 10.5. The Morgan fingerprint density at radius 1 is 1.29 bits per heavy atom. The zero-order chi connectivity index (χ0) is 12.4. The van der Waals surface area contributed by atoms with Gasteiger partial charge in [0.15, 0.2) is 0 Å². The summed E-state index contributed by atoms with van der Waals surface area (Å²) >= 11 is 6.03. The van der Waals surface area contributed by atoms with Crippen LogP contribution in [0.2, 0.25) is 5.02 Å². The molecule has 1 heterocycles. The van der Waals surface area contributed by atoms with Gasteiger partial charge in [0, 0.05) is 11.2 Å². The molecule has 0 spiro atoms. The standard InChI is InChI=1S/C13H12ClNO2/c1-9-12(16)6-7-15(13(9)17)8-10-4-2-3-5-11(10)14/h2-7,16H,8H2,1H3. The quantitative estimate of drug-likeness (QED) is 0.889. The molecule has 0 unspecified atom stereocenters. The van der Waals surface area contributed by atoms with Crippen molar-refractivity contribution in [3.05, 3.63) is 63.0 Å². The van der Waals surface area contributed by atoms with Gasteiger partial charge < -0.3 is 9.67 Å². The molecule has 0 saturated heterocycles. The van der Waals surface area contributed by atoms with Crippen molar-refractivity contribution in [3.8, 4) is 5.75 Å². The molecule has 1 N–H and O–H groups in total. The summed E-state index contributed by atoms with van der Waals surface area (Å²) in [5.74, 6) is 0.0189. The number of nitrogens with zero attached hydrogens (tertiary/aromatic N) is 1. The highest BCUT2D eigenvalue weighted by atomic mass is 35.5. The van der Waals surface area contributed by atoms with Crippen LogP contribution in [0.4, 0.5) is 0 Å². The monoisotopic (exact) mass is 249 g/mol. The van der Waals surface area contributed by atoms with E-state index in [4.69, 9.17) is 11.6 Å². The predicted octanol–water partition coefficient (Wildman–Crippen LogP) is 2.56. The second kappa shape index (κ2) is 4.63. The molecule has 17 heavy (non-hydrogen) atoms. The van der Waals surface area contributed by atoms with Gasteiger partial charge >= 0.3 is 0 Å². The zero-order valence-corrected chi connectivity index (χ0v) is 10.1. The molecule has 0 aliphatic rings. The largest absolute Gasteiger partial charge is 0.507 e. The van der Waals surface area contributed by atoms with Crippen molar-refractivity contribution in [1.82, 2.24) is 4.57 Å². The third kappa shape index (κ3) is 2.34. The lowest BCUT2D eigenvalue weighted by Gasteiger charge is -2.09. The van der Waals surface area contributed by atoms with Crippen LogP contribution < -0.4 is 5.56 Å². The van der Waals surface area contributed by atoms with E-state index in [2.05, 4.69) is 0 Å². The van der Waals surface area contributed by atoms with Gasteiger partial charge in [-0.2, -0.15) is 0 Å². The molecule has 0 saturated carbocycles. The molecule has 0 bridgehead atoms. The smallest absolute Gasteiger partial charge is 0.257 e. The van der Waals surface area contributed by atoms with Crippen molar-refractivity contribution < 1.29 is 5.11 Å². The third-order valence-electron chi connectivity index (χ3n) is 2.68. The van der Waals surface area contributed by atoms with Crippen LogP contribution in [-0.2, 0) is 6.54 Å². The number of benzene rings is 1. The lowest BCUT2D eigenvalue weighted by Crippen LogP contribution is -2.22. The molecular weight excluding hydrogens is 238 g/mol. The number of hydrogen-bond donors (Lipinski definition) is 1. The fourth-order valence-corrected chi connectivity index (χ4v) is 1.81. The number of pyridine rings is 1. The second-order valence-electron chi connectivity index (χ2n) is 3.85. The van der Waals surface area contributed by atoms with Gasteiger partial charge in [0.1, 0.15) is 5.75 Å². The van der Waals surface area contributed by atoms with E-state index in [-0.39, 0.29) is 11.3 Å². The molecule has 1 aromatic carbocycles. The number of aromatic nitrogens is 1. The van der Waals surface area contributed by atoms with Crippen LogP contribution in [0, 0.1) is 6.92 Å². The Morgan fingerprint density at radius 2 is 2.00 bits per heavy atom. The summed E-state index contributed by atoms with van der Waals surface area (Å²) in [7, 11) is 0. The minimum absolute atomic E-state index is 0.0189. The average Bonchev–Trinajstić information content (AvgIpc) is 2.32. The maximum absolute atomic E-state index is 11.9. The Hall–Kier alpha value is -1.74. The minimum atomic E-state index is -0.204. The molecule has 0 aliphatic carbocycles. The van der Waals surface area contributed by atoms with E-state index < -0.39 is 0 Å². The zero-order valence-electron chi connectivity index (χ0n) is 9.35. The molecule has 0 radical (unpaired) electrons. The van der Waals surface area contributed by atoms with Crippen LogP contribution in [0.25, 0.3) is 0 Å². The van der Waals surface area contributed by atoms with Crippen molar-refractivity contribution in [2.75, 3.05) is 0 Å². The van der Waals surface area contributed by atoms with Gasteiger partial charge in [-0.1, -0.05) is 29.8 Å². The summed E-state index contributed by atoms with van der Waals surface area (Å²) in [5, 5.41) is 10.0. The van der Waals surface area contributed by atoms with Crippen LogP contribution >= 0.6 is 11.6 Å². The third-order valence-corrected chi connectivity index (χ3v) is 3.05.